The number of carbonyl (C=O) groups excluding carboxylic acids is 2. The number of ether oxygens (including phenoxy) is 1. The van der Waals surface area contributed by atoms with Crippen LogP contribution < -0.4 is 5.32 Å². The molecule has 0 aromatic carbocycles. The van der Waals surface area contributed by atoms with E-state index in [-0.39, 0.29) is 18.5 Å². The van der Waals surface area contributed by atoms with Gasteiger partial charge in [-0.15, -0.1) is 0 Å². The summed E-state index contributed by atoms with van der Waals surface area (Å²) in [6, 6.07) is -0.536. The Hall–Kier alpha value is -1.66. The van der Waals surface area contributed by atoms with Crippen molar-refractivity contribution in [1.82, 2.24) is 5.32 Å². The van der Waals surface area contributed by atoms with E-state index in [1.807, 2.05) is 0 Å². The van der Waals surface area contributed by atoms with E-state index in [4.69, 9.17) is 4.74 Å². The number of rotatable bonds is 61. The minimum Gasteiger partial charge on any atom is -0.466 e. The molecule has 0 bridgehead atoms. The molecule has 0 aromatic rings. The van der Waals surface area contributed by atoms with Crippen molar-refractivity contribution in [2.75, 3.05) is 13.2 Å². The summed E-state index contributed by atoms with van der Waals surface area (Å²) in [4.78, 5) is 24.5. The van der Waals surface area contributed by atoms with E-state index in [0.29, 0.717) is 25.9 Å². The molecule has 0 radical (unpaired) electrons. The molecule has 2 atom stereocenters. The number of aliphatic hydroxyl groups excluding tert-OH is 2. The number of unbranched alkanes of at least 4 members (excludes halogenated alkanes) is 46. The van der Waals surface area contributed by atoms with Crippen LogP contribution in [0.1, 0.15) is 361 Å². The summed E-state index contributed by atoms with van der Waals surface area (Å²) < 4.78 is 5.48. The molecule has 426 valence electrons. The van der Waals surface area contributed by atoms with Crippen LogP contribution in [0.15, 0.2) is 24.3 Å². The third-order valence-corrected chi connectivity index (χ3v) is 15.3. The fraction of sp³-hybridized carbons (Fsp3) is 0.909. The van der Waals surface area contributed by atoms with Gasteiger partial charge in [0.05, 0.1) is 25.4 Å². The predicted molar refractivity (Wildman–Crippen MR) is 315 cm³/mol. The van der Waals surface area contributed by atoms with E-state index >= 15 is 0 Å². The quantitative estimate of drug-likeness (QED) is 0.0320. The summed E-state index contributed by atoms with van der Waals surface area (Å²) >= 11 is 0. The molecule has 0 saturated carbocycles. The first-order valence-corrected chi connectivity index (χ1v) is 32.6. The number of hydrogen-bond donors (Lipinski definition) is 3. The maximum Gasteiger partial charge on any atom is 0.305 e. The largest absolute Gasteiger partial charge is 0.466 e. The van der Waals surface area contributed by atoms with E-state index in [1.54, 1.807) is 0 Å². The molecule has 6 nitrogen and oxygen atoms in total. The maximum absolute atomic E-state index is 12.4. The third-order valence-electron chi connectivity index (χ3n) is 15.3. The first-order chi connectivity index (χ1) is 35.5. The van der Waals surface area contributed by atoms with Crippen molar-refractivity contribution in [2.24, 2.45) is 0 Å². The topological polar surface area (TPSA) is 95.9 Å². The van der Waals surface area contributed by atoms with Crippen molar-refractivity contribution < 1.29 is 24.5 Å². The molecule has 6 heteroatoms. The SMILES string of the molecule is CCCCC/C=C\C/C=C\CCCCCCCC(=O)OCCCCCCCCCCCCCCCCCCCCCCCCCCCCCCCCC(=O)NC(CO)C(O)CCCCCCCCCCCC. The Balaban J connectivity index is 3.30. The van der Waals surface area contributed by atoms with Crippen LogP contribution in [0.4, 0.5) is 0 Å². The van der Waals surface area contributed by atoms with Crippen LogP contribution in [0.5, 0.6) is 0 Å². The molecule has 0 heterocycles. The number of amides is 1. The van der Waals surface area contributed by atoms with Crippen molar-refractivity contribution in [3.05, 3.63) is 24.3 Å². The lowest BCUT2D eigenvalue weighted by atomic mass is 10.0. The summed E-state index contributed by atoms with van der Waals surface area (Å²) in [6.45, 7) is 4.93. The van der Waals surface area contributed by atoms with Crippen LogP contribution in [-0.2, 0) is 14.3 Å². The molecule has 0 rings (SSSR count). The highest BCUT2D eigenvalue weighted by atomic mass is 16.5. The second kappa shape index (κ2) is 61.9. The summed E-state index contributed by atoms with van der Waals surface area (Å²) in [6.07, 6.45) is 76.5. The molecule has 1 amide bonds. The van der Waals surface area contributed by atoms with Crippen LogP contribution in [0.3, 0.4) is 0 Å². The molecular weight excluding hydrogens is 887 g/mol. The van der Waals surface area contributed by atoms with Crippen LogP contribution >= 0.6 is 0 Å². The molecule has 0 fully saturated rings. The van der Waals surface area contributed by atoms with Gasteiger partial charge in [0.2, 0.25) is 5.91 Å². The van der Waals surface area contributed by atoms with Crippen molar-refractivity contribution in [3.8, 4) is 0 Å². The average molecular weight is 1010 g/mol. The van der Waals surface area contributed by atoms with Crippen molar-refractivity contribution in [3.63, 3.8) is 0 Å². The lowest BCUT2D eigenvalue weighted by Gasteiger charge is -2.22. The second-order valence-electron chi connectivity index (χ2n) is 22.5. The molecule has 0 aromatic heterocycles. The predicted octanol–water partition coefficient (Wildman–Crippen LogP) is 20.6. The van der Waals surface area contributed by atoms with Crippen molar-refractivity contribution in [1.29, 1.82) is 0 Å². The first kappa shape index (κ1) is 70.3. The van der Waals surface area contributed by atoms with Crippen molar-refractivity contribution in [2.45, 2.75) is 373 Å². The van der Waals surface area contributed by atoms with Gasteiger partial charge in [-0.2, -0.15) is 0 Å². The lowest BCUT2D eigenvalue weighted by molar-refractivity contribution is -0.143. The van der Waals surface area contributed by atoms with Crippen LogP contribution in [0.25, 0.3) is 0 Å². The summed E-state index contributed by atoms with van der Waals surface area (Å²) in [5.41, 5.74) is 0. The van der Waals surface area contributed by atoms with Gasteiger partial charge < -0.3 is 20.3 Å². The minimum atomic E-state index is -0.659. The van der Waals surface area contributed by atoms with E-state index in [1.165, 1.54) is 276 Å². The van der Waals surface area contributed by atoms with Gasteiger partial charge in [-0.3, -0.25) is 9.59 Å². The number of hydrogen-bond acceptors (Lipinski definition) is 5. The number of aliphatic hydroxyl groups is 2. The van der Waals surface area contributed by atoms with E-state index in [2.05, 4.69) is 43.5 Å². The van der Waals surface area contributed by atoms with E-state index in [9.17, 15) is 19.8 Å². The van der Waals surface area contributed by atoms with Gasteiger partial charge in [0.25, 0.3) is 0 Å². The Morgan fingerprint density at radius 1 is 0.389 bits per heavy atom. The average Bonchev–Trinajstić information content (AvgIpc) is 3.38. The van der Waals surface area contributed by atoms with Crippen molar-refractivity contribution >= 4 is 11.9 Å². The molecule has 72 heavy (non-hydrogen) atoms. The van der Waals surface area contributed by atoms with Gasteiger partial charge in [-0.25, -0.2) is 0 Å². The molecular formula is C66H127NO5. The van der Waals surface area contributed by atoms with Crippen LogP contribution in [0, 0.1) is 0 Å². The van der Waals surface area contributed by atoms with E-state index in [0.717, 1.165) is 51.4 Å². The summed E-state index contributed by atoms with van der Waals surface area (Å²) in [7, 11) is 0. The highest BCUT2D eigenvalue weighted by molar-refractivity contribution is 5.76. The smallest absolute Gasteiger partial charge is 0.305 e. The molecule has 0 aliphatic carbocycles. The fourth-order valence-corrected chi connectivity index (χ4v) is 10.3. The Morgan fingerprint density at radius 2 is 0.694 bits per heavy atom. The lowest BCUT2D eigenvalue weighted by Crippen LogP contribution is -2.45. The highest BCUT2D eigenvalue weighted by Crippen LogP contribution is 2.18. The van der Waals surface area contributed by atoms with E-state index < -0.39 is 12.1 Å². The molecule has 0 spiro atoms. The minimum absolute atomic E-state index is 0.00629. The van der Waals surface area contributed by atoms with Gasteiger partial charge in [0.1, 0.15) is 0 Å². The molecule has 2 unspecified atom stereocenters. The Labute approximate surface area is 450 Å². The van der Waals surface area contributed by atoms with Gasteiger partial charge in [0, 0.05) is 12.8 Å². The zero-order valence-corrected chi connectivity index (χ0v) is 48.7. The maximum atomic E-state index is 12.4. The molecule has 0 aliphatic rings. The number of allylic oxidation sites excluding steroid dienone is 4. The Kier molecular flexibility index (Phi) is 60.5. The monoisotopic (exact) mass is 1010 g/mol. The zero-order chi connectivity index (χ0) is 52.2. The van der Waals surface area contributed by atoms with Crippen LogP contribution in [0.2, 0.25) is 0 Å². The molecule has 3 N–H and O–H groups in total. The van der Waals surface area contributed by atoms with Gasteiger partial charge in [-0.1, -0.05) is 314 Å². The Bertz CT molecular complexity index is 1120. The highest BCUT2D eigenvalue weighted by Gasteiger charge is 2.20. The van der Waals surface area contributed by atoms with Gasteiger partial charge >= 0.3 is 5.97 Å². The van der Waals surface area contributed by atoms with Gasteiger partial charge in [0.15, 0.2) is 0 Å². The third kappa shape index (κ3) is 57.6. The first-order valence-electron chi connectivity index (χ1n) is 32.6. The number of nitrogens with one attached hydrogen (secondary N) is 1. The number of carbonyl (C=O) groups is 2. The normalized spacial score (nSPS) is 12.7. The second-order valence-corrected chi connectivity index (χ2v) is 22.5. The molecule has 0 aliphatic heterocycles. The Morgan fingerprint density at radius 3 is 1.08 bits per heavy atom. The van der Waals surface area contributed by atoms with Gasteiger partial charge in [-0.05, 0) is 57.8 Å². The zero-order valence-electron chi connectivity index (χ0n) is 48.7. The summed E-state index contributed by atoms with van der Waals surface area (Å²) in [5.74, 6) is -0.0251. The number of esters is 1. The standard InChI is InChI=1S/C66H127NO5/c1-3-5-7-9-11-13-15-16-33-37-40-44-48-52-56-60-66(71)72-61-57-53-49-45-41-38-35-32-30-28-26-24-22-20-18-17-19-21-23-25-27-29-31-34-36-39-43-47-51-55-59-65(70)67-63(62-68)64(69)58-54-50-46-42-14-12-10-8-6-4-2/h11,13,16,33,63-64,68-69H,3-10,12,14-15,17-32,34-62H2,1-2H3,(H,67,70)/b13-11-,33-16-. The molecule has 0 saturated heterocycles. The van der Waals surface area contributed by atoms with Crippen LogP contribution in [-0.4, -0.2) is 47.4 Å². The fourth-order valence-electron chi connectivity index (χ4n) is 10.3. The summed E-state index contributed by atoms with van der Waals surface area (Å²) in [5, 5.41) is 23.2.